The molecule has 134 valence electrons. The number of halogens is 2. The van der Waals surface area contributed by atoms with Gasteiger partial charge in [-0.05, 0) is 31.2 Å². The van der Waals surface area contributed by atoms with E-state index in [0.29, 0.717) is 6.54 Å². The normalized spacial score (nSPS) is 10.7. The molecule has 1 heterocycles. The third-order valence-electron chi connectivity index (χ3n) is 3.90. The van der Waals surface area contributed by atoms with E-state index in [1.807, 2.05) is 0 Å². The summed E-state index contributed by atoms with van der Waals surface area (Å²) in [6, 6.07) is 12.2. The van der Waals surface area contributed by atoms with E-state index in [2.05, 4.69) is 10.1 Å². The van der Waals surface area contributed by atoms with Crippen LogP contribution in [0.5, 0.6) is 0 Å². The van der Waals surface area contributed by atoms with Crippen molar-refractivity contribution in [1.82, 2.24) is 10.1 Å². The molecule has 7 heteroatoms. The van der Waals surface area contributed by atoms with Crippen LogP contribution in [0, 0.1) is 11.6 Å². The summed E-state index contributed by atoms with van der Waals surface area (Å²) in [6.45, 7) is 2.11. The van der Waals surface area contributed by atoms with E-state index in [0.717, 1.165) is 0 Å². The molecule has 0 N–H and O–H groups in total. The number of carbonyl (C=O) groups is 1. The van der Waals surface area contributed by atoms with Gasteiger partial charge < -0.3 is 9.42 Å². The molecule has 3 rings (SSSR count). The molecule has 0 saturated carbocycles. The lowest BCUT2D eigenvalue weighted by Crippen LogP contribution is -2.31. The van der Waals surface area contributed by atoms with Crippen LogP contribution in [0.15, 0.2) is 53.1 Å². The summed E-state index contributed by atoms with van der Waals surface area (Å²) in [4.78, 5) is 17.9. The van der Waals surface area contributed by atoms with Gasteiger partial charge in [0.05, 0.1) is 11.3 Å². The zero-order chi connectivity index (χ0) is 18.5. The van der Waals surface area contributed by atoms with Crippen molar-refractivity contribution in [3.63, 3.8) is 0 Å². The van der Waals surface area contributed by atoms with Gasteiger partial charge in [-0.25, -0.2) is 8.78 Å². The highest BCUT2D eigenvalue weighted by atomic mass is 19.1. The van der Waals surface area contributed by atoms with Crippen LogP contribution in [0.4, 0.5) is 14.5 Å². The maximum Gasteiger partial charge on any atom is 0.227 e. The average molecular weight is 357 g/mol. The number of hydrogen-bond acceptors (Lipinski definition) is 4. The number of carbonyl (C=O) groups excluding carboxylic acids is 1. The molecule has 0 radical (unpaired) electrons. The average Bonchev–Trinajstić information content (AvgIpc) is 3.11. The minimum Gasteiger partial charge on any atom is -0.339 e. The van der Waals surface area contributed by atoms with Crippen LogP contribution < -0.4 is 4.90 Å². The highest BCUT2D eigenvalue weighted by molar-refractivity contribution is 5.93. The fraction of sp³-hybridized carbons (Fsp3) is 0.211. The van der Waals surface area contributed by atoms with Crippen LogP contribution in [-0.4, -0.2) is 22.6 Å². The molecule has 0 saturated heterocycles. The topological polar surface area (TPSA) is 59.2 Å². The number of anilines is 1. The molecular weight excluding hydrogens is 340 g/mol. The Hall–Kier alpha value is -3.09. The van der Waals surface area contributed by atoms with Crippen LogP contribution in [0.25, 0.3) is 11.4 Å². The molecule has 0 spiro atoms. The SMILES string of the molecule is CCN(C(=O)CCc1nc(-c2ccccc2F)no1)c1ccccc1F. The lowest BCUT2D eigenvalue weighted by Gasteiger charge is -2.21. The van der Waals surface area contributed by atoms with Crippen LogP contribution in [0.1, 0.15) is 19.2 Å². The molecule has 0 atom stereocenters. The van der Waals surface area contributed by atoms with Gasteiger partial charge in [-0.3, -0.25) is 4.79 Å². The number of hydrogen-bond donors (Lipinski definition) is 0. The van der Waals surface area contributed by atoms with Crippen molar-refractivity contribution in [3.8, 4) is 11.4 Å². The highest BCUT2D eigenvalue weighted by Crippen LogP contribution is 2.21. The molecule has 0 aliphatic carbocycles. The molecule has 1 amide bonds. The Kier molecular flexibility index (Phi) is 5.36. The fourth-order valence-electron chi connectivity index (χ4n) is 2.61. The Balaban J connectivity index is 1.68. The molecule has 1 aromatic heterocycles. The fourth-order valence-corrected chi connectivity index (χ4v) is 2.61. The first-order chi connectivity index (χ1) is 12.6. The maximum absolute atomic E-state index is 13.9. The number of rotatable bonds is 6. The van der Waals surface area contributed by atoms with Gasteiger partial charge in [-0.2, -0.15) is 4.98 Å². The molecular formula is C19H17F2N3O2. The van der Waals surface area contributed by atoms with Crippen molar-refractivity contribution >= 4 is 11.6 Å². The predicted octanol–water partition coefficient (Wildman–Crippen LogP) is 4.00. The Morgan fingerprint density at radius 3 is 2.46 bits per heavy atom. The summed E-state index contributed by atoms with van der Waals surface area (Å²) in [5.41, 5.74) is 0.466. The van der Waals surface area contributed by atoms with Crippen LogP contribution in [0.2, 0.25) is 0 Å². The van der Waals surface area contributed by atoms with E-state index < -0.39 is 11.6 Å². The van der Waals surface area contributed by atoms with Crippen molar-refractivity contribution in [3.05, 3.63) is 66.1 Å². The van der Waals surface area contributed by atoms with Crippen LogP contribution in [0.3, 0.4) is 0 Å². The standard InChI is InChI=1S/C19H17F2N3O2/c1-2-24(16-10-6-5-9-15(16)21)18(25)12-11-17-22-19(23-26-17)13-7-3-4-8-14(13)20/h3-10H,2,11-12H2,1H3. The van der Waals surface area contributed by atoms with E-state index in [4.69, 9.17) is 4.52 Å². The number of para-hydroxylation sites is 1. The zero-order valence-electron chi connectivity index (χ0n) is 14.2. The van der Waals surface area contributed by atoms with Crippen molar-refractivity contribution in [1.29, 1.82) is 0 Å². The summed E-state index contributed by atoms with van der Waals surface area (Å²) in [6.07, 6.45) is 0.256. The minimum absolute atomic E-state index is 0.0705. The first-order valence-electron chi connectivity index (χ1n) is 8.22. The second-order valence-electron chi connectivity index (χ2n) is 5.58. The lowest BCUT2D eigenvalue weighted by molar-refractivity contribution is -0.118. The number of amides is 1. The zero-order valence-corrected chi connectivity index (χ0v) is 14.2. The van der Waals surface area contributed by atoms with Crippen molar-refractivity contribution in [2.45, 2.75) is 19.8 Å². The Morgan fingerprint density at radius 1 is 1.08 bits per heavy atom. The summed E-state index contributed by atoms with van der Waals surface area (Å²) in [7, 11) is 0. The van der Waals surface area contributed by atoms with Gasteiger partial charge in [0.25, 0.3) is 0 Å². The van der Waals surface area contributed by atoms with Gasteiger partial charge in [0, 0.05) is 19.4 Å². The van der Waals surface area contributed by atoms with Crippen LogP contribution in [-0.2, 0) is 11.2 Å². The summed E-state index contributed by atoms with van der Waals surface area (Å²) >= 11 is 0. The largest absolute Gasteiger partial charge is 0.339 e. The van der Waals surface area contributed by atoms with Gasteiger partial charge in [-0.1, -0.05) is 29.4 Å². The van der Waals surface area contributed by atoms with Gasteiger partial charge in [0.15, 0.2) is 0 Å². The predicted molar refractivity (Wildman–Crippen MR) is 92.4 cm³/mol. The van der Waals surface area contributed by atoms with Crippen LogP contribution >= 0.6 is 0 Å². The van der Waals surface area contributed by atoms with E-state index in [1.54, 1.807) is 43.3 Å². The lowest BCUT2D eigenvalue weighted by atomic mass is 10.2. The molecule has 2 aromatic carbocycles. The Bertz CT molecular complexity index is 911. The van der Waals surface area contributed by atoms with Gasteiger partial charge in [-0.15, -0.1) is 0 Å². The number of benzene rings is 2. The van der Waals surface area contributed by atoms with Crippen molar-refractivity contribution < 1.29 is 18.1 Å². The van der Waals surface area contributed by atoms with Gasteiger partial charge >= 0.3 is 0 Å². The third-order valence-corrected chi connectivity index (χ3v) is 3.90. The van der Waals surface area contributed by atoms with Gasteiger partial charge in [0.2, 0.25) is 17.6 Å². The molecule has 0 aliphatic heterocycles. The molecule has 5 nitrogen and oxygen atoms in total. The first kappa shape index (κ1) is 17.7. The molecule has 0 aliphatic rings. The van der Waals surface area contributed by atoms with Gasteiger partial charge in [0.1, 0.15) is 11.6 Å². The van der Waals surface area contributed by atoms with Crippen molar-refractivity contribution in [2.75, 3.05) is 11.4 Å². The maximum atomic E-state index is 13.9. The second-order valence-corrected chi connectivity index (χ2v) is 5.58. The van der Waals surface area contributed by atoms with Crippen molar-refractivity contribution in [2.24, 2.45) is 0 Å². The quantitative estimate of drug-likeness (QED) is 0.669. The van der Waals surface area contributed by atoms with E-state index >= 15 is 0 Å². The van der Waals surface area contributed by atoms with E-state index in [9.17, 15) is 13.6 Å². The second kappa shape index (κ2) is 7.86. The number of nitrogens with zero attached hydrogens (tertiary/aromatic N) is 3. The third kappa shape index (κ3) is 3.77. The molecule has 0 fully saturated rings. The Morgan fingerprint density at radius 2 is 1.77 bits per heavy atom. The summed E-state index contributed by atoms with van der Waals surface area (Å²) in [5.74, 6) is -0.814. The smallest absolute Gasteiger partial charge is 0.227 e. The number of aromatic nitrogens is 2. The van der Waals surface area contributed by atoms with E-state index in [-0.39, 0.29) is 41.7 Å². The molecule has 26 heavy (non-hydrogen) atoms. The monoisotopic (exact) mass is 357 g/mol. The van der Waals surface area contributed by atoms with E-state index in [1.165, 1.54) is 17.0 Å². The minimum atomic E-state index is -0.456. The molecule has 3 aromatic rings. The highest BCUT2D eigenvalue weighted by Gasteiger charge is 2.19. The number of aryl methyl sites for hydroxylation is 1. The molecule has 0 unspecified atom stereocenters. The first-order valence-corrected chi connectivity index (χ1v) is 8.22. The molecule has 0 bridgehead atoms. The Labute approximate surface area is 149 Å². The summed E-state index contributed by atoms with van der Waals surface area (Å²) < 4.78 is 32.8. The summed E-state index contributed by atoms with van der Waals surface area (Å²) in [5, 5.41) is 3.75.